The average molecular weight is 405 g/mol. The third-order valence-electron chi connectivity index (χ3n) is 5.41. The van der Waals surface area contributed by atoms with Crippen molar-refractivity contribution in [2.24, 2.45) is 5.73 Å². The lowest BCUT2D eigenvalue weighted by Crippen LogP contribution is -2.21. The van der Waals surface area contributed by atoms with Gasteiger partial charge in [-0.2, -0.15) is 14.8 Å². The summed E-state index contributed by atoms with van der Waals surface area (Å²) in [4.78, 5) is 9.01. The normalized spacial score (nSPS) is 18.9. The molecule has 0 spiro atoms. The Morgan fingerprint density at radius 2 is 2.00 bits per heavy atom. The number of fused-ring (bicyclic) bond motifs is 1. The van der Waals surface area contributed by atoms with Crippen molar-refractivity contribution in [1.29, 1.82) is 0 Å². The molecule has 0 radical (unpaired) electrons. The first-order valence-corrected chi connectivity index (χ1v) is 10.0. The molecular weight excluding hydrogens is 382 g/mol. The zero-order chi connectivity index (χ0) is 20.5. The molecule has 1 fully saturated rings. The summed E-state index contributed by atoms with van der Waals surface area (Å²) in [6.07, 6.45) is 8.36. The van der Waals surface area contributed by atoms with Gasteiger partial charge in [-0.05, 0) is 37.0 Å². The van der Waals surface area contributed by atoms with Gasteiger partial charge in [0.15, 0.2) is 11.2 Å². The van der Waals surface area contributed by atoms with Crippen LogP contribution in [0.15, 0.2) is 42.9 Å². The van der Waals surface area contributed by atoms with Crippen LogP contribution in [0.2, 0.25) is 0 Å². The molecule has 0 bridgehead atoms. The Labute approximate surface area is 172 Å². The van der Waals surface area contributed by atoms with Crippen LogP contribution in [0, 0.1) is 0 Å². The van der Waals surface area contributed by atoms with Crippen LogP contribution in [0.25, 0.3) is 28.0 Å². The third-order valence-corrected chi connectivity index (χ3v) is 5.41. The zero-order valence-corrected chi connectivity index (χ0v) is 16.4. The van der Waals surface area contributed by atoms with Gasteiger partial charge in [-0.1, -0.05) is 17.3 Å². The number of aliphatic hydroxyl groups is 1. The molecule has 4 N–H and O–H groups in total. The van der Waals surface area contributed by atoms with Crippen LogP contribution >= 0.6 is 0 Å². The summed E-state index contributed by atoms with van der Waals surface area (Å²) < 4.78 is 3.43. The second-order valence-corrected chi connectivity index (χ2v) is 7.58. The van der Waals surface area contributed by atoms with E-state index in [-0.39, 0.29) is 12.6 Å². The van der Waals surface area contributed by atoms with Crippen molar-refractivity contribution in [2.45, 2.75) is 37.9 Å². The van der Waals surface area contributed by atoms with Gasteiger partial charge in [-0.15, -0.1) is 5.10 Å². The smallest absolute Gasteiger partial charge is 0.225 e. The molecule has 1 aromatic carbocycles. The zero-order valence-electron chi connectivity index (χ0n) is 16.4. The average Bonchev–Trinajstić information content (AvgIpc) is 3.49. The van der Waals surface area contributed by atoms with Crippen molar-refractivity contribution in [2.75, 3.05) is 11.9 Å². The van der Waals surface area contributed by atoms with Crippen molar-refractivity contribution < 1.29 is 5.11 Å². The topological polar surface area (TPSA) is 133 Å². The highest BCUT2D eigenvalue weighted by Gasteiger charge is 2.22. The first kappa shape index (κ1) is 18.6. The van der Waals surface area contributed by atoms with E-state index in [9.17, 15) is 0 Å². The van der Waals surface area contributed by atoms with E-state index < -0.39 is 0 Å². The minimum absolute atomic E-state index is 0.0612. The highest BCUT2D eigenvalue weighted by Crippen LogP contribution is 2.23. The van der Waals surface area contributed by atoms with Crippen molar-refractivity contribution >= 4 is 17.1 Å². The molecule has 0 aliphatic heterocycles. The molecule has 10 heteroatoms. The molecule has 1 aliphatic carbocycles. The van der Waals surface area contributed by atoms with E-state index in [0.29, 0.717) is 29.7 Å². The Morgan fingerprint density at radius 1 is 1.13 bits per heavy atom. The van der Waals surface area contributed by atoms with Gasteiger partial charge in [-0.25, -0.2) is 4.98 Å². The van der Waals surface area contributed by atoms with Crippen molar-refractivity contribution in [1.82, 2.24) is 34.7 Å². The highest BCUT2D eigenvalue weighted by molar-refractivity contribution is 5.72. The first-order valence-electron chi connectivity index (χ1n) is 10.0. The van der Waals surface area contributed by atoms with Gasteiger partial charge in [0.25, 0.3) is 0 Å². The molecule has 3 aromatic heterocycles. The molecular formula is C20H23N9O. The van der Waals surface area contributed by atoms with Gasteiger partial charge in [-0.3, -0.25) is 4.68 Å². The third kappa shape index (κ3) is 3.62. The monoisotopic (exact) mass is 405 g/mol. The Bertz CT molecular complexity index is 1150. The predicted octanol–water partition coefficient (Wildman–Crippen LogP) is 1.36. The molecule has 1 aliphatic rings. The maximum absolute atomic E-state index is 9.04. The Hall–Kier alpha value is -3.37. The predicted molar refractivity (Wildman–Crippen MR) is 112 cm³/mol. The van der Waals surface area contributed by atoms with Gasteiger partial charge in [0.05, 0.1) is 31.2 Å². The minimum Gasteiger partial charge on any atom is -0.394 e. The molecule has 2 atom stereocenters. The lowest BCUT2D eigenvalue weighted by molar-refractivity contribution is 0.269. The molecule has 3 heterocycles. The van der Waals surface area contributed by atoms with Gasteiger partial charge >= 0.3 is 0 Å². The maximum atomic E-state index is 9.04. The second kappa shape index (κ2) is 7.81. The Balaban J connectivity index is 1.40. The molecule has 0 saturated heterocycles. The quantitative estimate of drug-likeness (QED) is 0.438. The Kier molecular flexibility index (Phi) is 4.85. The highest BCUT2D eigenvalue weighted by atomic mass is 16.3. The number of aromatic nitrogens is 7. The van der Waals surface area contributed by atoms with Crippen molar-refractivity contribution in [3.8, 4) is 16.8 Å². The van der Waals surface area contributed by atoms with E-state index in [4.69, 9.17) is 10.8 Å². The van der Waals surface area contributed by atoms with Gasteiger partial charge in [0, 0.05) is 23.8 Å². The fourth-order valence-electron chi connectivity index (χ4n) is 3.83. The summed E-state index contributed by atoms with van der Waals surface area (Å²) >= 11 is 0. The summed E-state index contributed by atoms with van der Waals surface area (Å²) in [6.45, 7) is 0.539. The first-order chi connectivity index (χ1) is 14.7. The molecule has 4 aromatic rings. The fourth-order valence-corrected chi connectivity index (χ4v) is 3.83. The summed E-state index contributed by atoms with van der Waals surface area (Å²) in [5, 5.41) is 25.1. The molecule has 0 amide bonds. The summed E-state index contributed by atoms with van der Waals surface area (Å²) in [6, 6.07) is 8.49. The van der Waals surface area contributed by atoms with Crippen LogP contribution in [0.1, 0.15) is 19.3 Å². The summed E-state index contributed by atoms with van der Waals surface area (Å²) in [5.74, 6) is 0.568. The minimum atomic E-state index is 0.0612. The fraction of sp³-hybridized carbons (Fsp3) is 0.350. The number of aliphatic hydroxyl groups excluding tert-OH is 1. The molecule has 10 nitrogen and oxygen atoms in total. The largest absolute Gasteiger partial charge is 0.394 e. The Morgan fingerprint density at radius 3 is 2.77 bits per heavy atom. The van der Waals surface area contributed by atoms with E-state index in [1.165, 1.54) is 0 Å². The number of nitrogens with one attached hydrogen (secondary N) is 1. The maximum Gasteiger partial charge on any atom is 0.225 e. The van der Waals surface area contributed by atoms with E-state index in [2.05, 4.69) is 30.7 Å². The van der Waals surface area contributed by atoms with Crippen LogP contribution in [0.4, 0.5) is 5.95 Å². The van der Waals surface area contributed by atoms with Crippen LogP contribution in [0.5, 0.6) is 0 Å². The van der Waals surface area contributed by atoms with Crippen molar-refractivity contribution in [3.05, 3.63) is 42.9 Å². The number of anilines is 1. The standard InChI is InChI=1S/C20H23N9O/c21-15-3-4-16(9-15)24-20-22-11-18-19(25-20)29(27-26-18)17-5-1-13(2-6-17)14-10-23-28(12-14)7-8-30/h1-2,5-6,10-12,15-16,30H,3-4,7-9,21H2,(H,22,24,25). The van der Waals surface area contributed by atoms with Gasteiger partial charge in [0.2, 0.25) is 5.95 Å². The number of nitrogens with zero attached hydrogens (tertiary/aromatic N) is 7. The molecule has 154 valence electrons. The number of rotatable bonds is 6. The molecule has 1 saturated carbocycles. The number of hydrogen-bond acceptors (Lipinski definition) is 8. The van der Waals surface area contributed by atoms with Crippen molar-refractivity contribution in [3.63, 3.8) is 0 Å². The lowest BCUT2D eigenvalue weighted by Gasteiger charge is -2.12. The summed E-state index contributed by atoms with van der Waals surface area (Å²) in [7, 11) is 0. The van der Waals surface area contributed by atoms with E-state index in [1.54, 1.807) is 21.8 Å². The molecule has 5 rings (SSSR count). The number of benzene rings is 1. The molecule has 30 heavy (non-hydrogen) atoms. The van der Waals surface area contributed by atoms with E-state index >= 15 is 0 Å². The van der Waals surface area contributed by atoms with Gasteiger partial charge in [0.1, 0.15) is 0 Å². The van der Waals surface area contributed by atoms with Crippen LogP contribution in [-0.4, -0.2) is 58.5 Å². The molecule has 2 unspecified atom stereocenters. The van der Waals surface area contributed by atoms with E-state index in [1.807, 2.05) is 30.5 Å². The van der Waals surface area contributed by atoms with Crippen LogP contribution < -0.4 is 11.1 Å². The van der Waals surface area contributed by atoms with Crippen LogP contribution in [0.3, 0.4) is 0 Å². The second-order valence-electron chi connectivity index (χ2n) is 7.58. The van der Waals surface area contributed by atoms with E-state index in [0.717, 1.165) is 36.1 Å². The number of hydrogen-bond donors (Lipinski definition) is 3. The van der Waals surface area contributed by atoms with Crippen LogP contribution in [-0.2, 0) is 6.54 Å². The van der Waals surface area contributed by atoms with Gasteiger partial charge < -0.3 is 16.2 Å². The SMILES string of the molecule is NC1CCC(Nc2ncc3nnn(-c4ccc(-c5cnn(CCO)c5)cc4)c3n2)C1. The summed E-state index contributed by atoms with van der Waals surface area (Å²) in [5.41, 5.74) is 10.2. The number of nitrogens with two attached hydrogens (primary N) is 1. The lowest BCUT2D eigenvalue weighted by atomic mass is 10.1.